The Kier molecular flexibility index (Phi) is 11.7. The smallest absolute Gasteiger partial charge is 0 e. The summed E-state index contributed by atoms with van der Waals surface area (Å²) in [5.74, 6) is 0. The topological polar surface area (TPSA) is 0 Å². The van der Waals surface area contributed by atoms with Crippen molar-refractivity contribution in [1.82, 2.24) is 0 Å². The molecule has 0 atom stereocenters. The zero-order chi connectivity index (χ0) is 18.0. The second kappa shape index (κ2) is 12.9. The van der Waals surface area contributed by atoms with Gasteiger partial charge < -0.3 is 0 Å². The van der Waals surface area contributed by atoms with Gasteiger partial charge in [0.25, 0.3) is 0 Å². The SMILES string of the molecule is CCC[CH2][In].C[PH](c1ccccc1)(c1ccccc1)c1ccccc1.[Li]. The second-order valence-corrected chi connectivity index (χ2v) is 12.0. The third-order valence-electron chi connectivity index (χ3n) is 4.61. The Labute approximate surface area is 186 Å². The zero-order valence-electron chi connectivity index (χ0n) is 16.4. The molecule has 0 aromatic heterocycles. The van der Waals surface area contributed by atoms with Crippen LogP contribution in [0.1, 0.15) is 19.8 Å². The number of benzene rings is 3. The molecule has 0 aliphatic carbocycles. The van der Waals surface area contributed by atoms with Gasteiger partial charge in [-0.05, 0) is 0 Å². The summed E-state index contributed by atoms with van der Waals surface area (Å²) in [6.07, 6.45) is 2.82. The van der Waals surface area contributed by atoms with Gasteiger partial charge >= 0.3 is 169 Å². The zero-order valence-corrected chi connectivity index (χ0v) is 20.7. The summed E-state index contributed by atoms with van der Waals surface area (Å²) in [5, 5.41) is 4.37. The molecular weight excluding hydrogens is 429 g/mol. The van der Waals surface area contributed by atoms with E-state index in [-0.39, 0.29) is 18.9 Å². The van der Waals surface area contributed by atoms with Crippen molar-refractivity contribution in [3.8, 4) is 0 Å². The molecule has 26 heavy (non-hydrogen) atoms. The van der Waals surface area contributed by atoms with Crippen LogP contribution in [0, 0.1) is 0 Å². The first-order valence-corrected chi connectivity index (χ1v) is 13.9. The molecule has 0 saturated heterocycles. The standard InChI is InChI=1S/C19H19P.C4H9.In.Li/c1-20(17-11-5-2-6-12-17,18-13-7-3-8-14-18)19-15-9-4-10-16-19;1-3-4-2;;/h2-16,20H,1H3;1,3-4H2,2H3;;. The number of hydrogen-bond donors (Lipinski definition) is 0. The van der Waals surface area contributed by atoms with Crippen LogP contribution >= 0.6 is 7.26 Å². The average Bonchev–Trinajstić information content (AvgIpc) is 2.70. The Hall–Kier alpha value is -0.442. The Morgan fingerprint density at radius 3 is 1.15 bits per heavy atom. The van der Waals surface area contributed by atoms with Crippen molar-refractivity contribution < 1.29 is 0 Å². The van der Waals surface area contributed by atoms with Gasteiger partial charge in [0.1, 0.15) is 0 Å². The van der Waals surface area contributed by atoms with E-state index >= 15 is 0 Å². The summed E-state index contributed by atoms with van der Waals surface area (Å²) in [7, 11) is -1.88. The molecule has 0 spiro atoms. The van der Waals surface area contributed by atoms with Crippen LogP contribution in [-0.4, -0.2) is 49.9 Å². The van der Waals surface area contributed by atoms with E-state index in [1.54, 1.807) is 0 Å². The van der Waals surface area contributed by atoms with E-state index in [1.807, 2.05) is 0 Å². The molecule has 0 fully saturated rings. The normalized spacial score (nSPS) is 10.8. The van der Waals surface area contributed by atoms with E-state index < -0.39 is 7.26 Å². The largest absolute Gasteiger partial charge is 0 e. The van der Waals surface area contributed by atoms with Gasteiger partial charge in [0, 0.05) is 18.9 Å². The molecule has 0 amide bonds. The summed E-state index contributed by atoms with van der Waals surface area (Å²) in [4.78, 5) is 0. The van der Waals surface area contributed by atoms with Crippen molar-refractivity contribution >= 4 is 66.4 Å². The van der Waals surface area contributed by atoms with Gasteiger partial charge in [0.15, 0.2) is 0 Å². The van der Waals surface area contributed by atoms with Gasteiger partial charge in [-0.1, -0.05) is 0 Å². The first-order valence-electron chi connectivity index (χ1n) is 9.10. The van der Waals surface area contributed by atoms with Crippen LogP contribution in [-0.2, 0) is 0 Å². The monoisotopic (exact) mass is 457 g/mol. The number of rotatable bonds is 5. The predicted octanol–water partition coefficient (Wildman–Crippen LogP) is 4.34. The molecule has 0 bridgehead atoms. The third-order valence-corrected chi connectivity index (χ3v) is 10.2. The van der Waals surface area contributed by atoms with Gasteiger partial charge in [-0.2, -0.15) is 0 Å². The molecule has 0 nitrogen and oxygen atoms in total. The molecule has 3 aromatic rings. The van der Waals surface area contributed by atoms with Crippen LogP contribution in [0.4, 0.5) is 0 Å². The van der Waals surface area contributed by atoms with Crippen molar-refractivity contribution in [2.45, 2.75) is 23.9 Å². The van der Waals surface area contributed by atoms with Gasteiger partial charge in [-0.3, -0.25) is 0 Å². The first-order chi connectivity index (χ1) is 12.2. The van der Waals surface area contributed by atoms with E-state index in [2.05, 4.69) is 105 Å². The Bertz CT molecular complexity index is 618. The fraction of sp³-hybridized carbons (Fsp3) is 0.217. The quantitative estimate of drug-likeness (QED) is 0.395. The van der Waals surface area contributed by atoms with E-state index in [0.717, 1.165) is 0 Å². The van der Waals surface area contributed by atoms with Crippen molar-refractivity contribution in [3.63, 3.8) is 0 Å². The number of unbranched alkanes of at least 4 members (excludes halogenated alkanes) is 1. The minimum Gasteiger partial charge on any atom is 0 e. The molecule has 3 rings (SSSR count). The molecule has 0 heterocycles. The van der Waals surface area contributed by atoms with Crippen LogP contribution in [0.2, 0.25) is 4.18 Å². The average molecular weight is 457 g/mol. The molecule has 0 saturated carbocycles. The molecule has 0 N–H and O–H groups in total. The summed E-state index contributed by atoms with van der Waals surface area (Å²) in [6, 6.07) is 32.8. The minimum absolute atomic E-state index is 0. The van der Waals surface area contributed by atoms with Crippen molar-refractivity contribution in [3.05, 3.63) is 91.0 Å². The molecule has 3 heteroatoms. The van der Waals surface area contributed by atoms with Gasteiger partial charge in [-0.25, -0.2) is 0 Å². The second-order valence-electron chi connectivity index (χ2n) is 6.37. The molecule has 129 valence electrons. The molecule has 3 aromatic carbocycles. The van der Waals surface area contributed by atoms with E-state index in [0.29, 0.717) is 0 Å². The fourth-order valence-corrected chi connectivity index (χ4v) is 7.76. The van der Waals surface area contributed by atoms with Crippen molar-refractivity contribution in [2.75, 3.05) is 6.66 Å². The maximum atomic E-state index is 2.44. The maximum Gasteiger partial charge on any atom is 0 e. The van der Waals surface area contributed by atoms with E-state index in [4.69, 9.17) is 0 Å². The number of hydrogen-bond acceptors (Lipinski definition) is 0. The molecule has 3 radical (unpaired) electrons. The third kappa shape index (κ3) is 6.32. The molecule has 0 aliphatic rings. The Morgan fingerprint density at radius 2 is 0.962 bits per heavy atom. The van der Waals surface area contributed by atoms with Crippen LogP contribution in [0.5, 0.6) is 0 Å². The minimum atomic E-state index is -1.88. The van der Waals surface area contributed by atoms with E-state index in [1.165, 1.54) is 57.3 Å². The van der Waals surface area contributed by atoms with Crippen LogP contribution in [0.15, 0.2) is 91.0 Å². The molecule has 0 unspecified atom stereocenters. The van der Waals surface area contributed by atoms with Gasteiger partial charge in [-0.15, -0.1) is 0 Å². The fourth-order valence-electron chi connectivity index (χ4n) is 3.02. The van der Waals surface area contributed by atoms with Crippen molar-refractivity contribution in [2.24, 2.45) is 0 Å². The van der Waals surface area contributed by atoms with Crippen LogP contribution in [0.3, 0.4) is 0 Å². The Morgan fingerprint density at radius 1 is 0.654 bits per heavy atom. The van der Waals surface area contributed by atoms with Crippen LogP contribution in [0.25, 0.3) is 0 Å². The predicted molar refractivity (Wildman–Crippen MR) is 124 cm³/mol. The first kappa shape index (κ1) is 23.6. The summed E-state index contributed by atoms with van der Waals surface area (Å²) in [5.41, 5.74) is 0. The summed E-state index contributed by atoms with van der Waals surface area (Å²) < 4.78 is 1.47. The van der Waals surface area contributed by atoms with Crippen molar-refractivity contribution in [1.29, 1.82) is 0 Å². The van der Waals surface area contributed by atoms with Gasteiger partial charge in [0.2, 0.25) is 0 Å². The molecule has 0 aliphatic heterocycles. The Balaban J connectivity index is 0.000000501. The van der Waals surface area contributed by atoms with Crippen LogP contribution < -0.4 is 15.9 Å². The maximum absolute atomic E-state index is 2.44. The molecular formula is C23H28InLiP. The van der Waals surface area contributed by atoms with Gasteiger partial charge in [0.05, 0.1) is 0 Å². The summed E-state index contributed by atoms with van der Waals surface area (Å²) >= 11 is 1.45. The summed E-state index contributed by atoms with van der Waals surface area (Å²) in [6.45, 7) is 4.67. The van der Waals surface area contributed by atoms with E-state index in [9.17, 15) is 0 Å².